The van der Waals surface area contributed by atoms with Gasteiger partial charge < -0.3 is 14.9 Å². The van der Waals surface area contributed by atoms with Gasteiger partial charge in [-0.15, -0.1) is 0 Å². The van der Waals surface area contributed by atoms with Gasteiger partial charge in [0.2, 0.25) is 0 Å². The minimum Gasteiger partial charge on any atom is -0.393 e. The zero-order valence-corrected chi connectivity index (χ0v) is 14.2. The molecular weight excluding hydrogens is 288 g/mol. The number of benzene rings is 1. The van der Waals surface area contributed by atoms with Crippen LogP contribution in [0.1, 0.15) is 49.9 Å². The Morgan fingerprint density at radius 3 is 2.30 bits per heavy atom. The van der Waals surface area contributed by atoms with Gasteiger partial charge in [0.25, 0.3) is 5.91 Å². The lowest BCUT2D eigenvalue weighted by molar-refractivity contribution is 0.0588. The van der Waals surface area contributed by atoms with E-state index in [0.717, 1.165) is 56.6 Å². The third-order valence-electron chi connectivity index (χ3n) is 5.34. The Bertz CT molecular complexity index is 535. The molecule has 2 atom stereocenters. The normalized spacial score (nSPS) is 26.4. The number of nitrogens with zero attached hydrogens (tertiary/aromatic N) is 2. The van der Waals surface area contributed by atoms with E-state index in [9.17, 15) is 9.90 Å². The SMILES string of the molecule is CC1CCN(C(=O)c2ccc(N3CCC(O)CC3)cc2)C(C)C1. The molecule has 1 amide bonds. The first-order valence-corrected chi connectivity index (χ1v) is 8.88. The molecule has 3 rings (SSSR count). The number of likely N-dealkylation sites (tertiary alicyclic amines) is 1. The lowest BCUT2D eigenvalue weighted by Gasteiger charge is -2.36. The fraction of sp³-hybridized carbons (Fsp3) is 0.632. The molecule has 2 saturated heterocycles. The van der Waals surface area contributed by atoms with Crippen LogP contribution < -0.4 is 4.90 Å². The molecular formula is C19H28N2O2. The quantitative estimate of drug-likeness (QED) is 0.912. The van der Waals surface area contributed by atoms with E-state index < -0.39 is 0 Å². The molecule has 4 heteroatoms. The molecule has 1 aromatic rings. The first kappa shape index (κ1) is 16.3. The monoisotopic (exact) mass is 316 g/mol. The van der Waals surface area contributed by atoms with Gasteiger partial charge in [-0.1, -0.05) is 6.92 Å². The van der Waals surface area contributed by atoms with E-state index in [1.54, 1.807) is 0 Å². The van der Waals surface area contributed by atoms with Crippen molar-refractivity contribution < 1.29 is 9.90 Å². The lowest BCUT2D eigenvalue weighted by atomic mass is 9.93. The van der Waals surface area contributed by atoms with Crippen molar-refractivity contribution >= 4 is 11.6 Å². The molecule has 23 heavy (non-hydrogen) atoms. The Morgan fingerprint density at radius 2 is 1.70 bits per heavy atom. The highest BCUT2D eigenvalue weighted by Crippen LogP contribution is 2.25. The Morgan fingerprint density at radius 1 is 1.04 bits per heavy atom. The van der Waals surface area contributed by atoms with E-state index in [0.29, 0.717) is 12.0 Å². The van der Waals surface area contributed by atoms with Gasteiger partial charge in [-0.3, -0.25) is 4.79 Å². The number of hydrogen-bond acceptors (Lipinski definition) is 3. The van der Waals surface area contributed by atoms with Gasteiger partial charge in [0.15, 0.2) is 0 Å². The number of amides is 1. The van der Waals surface area contributed by atoms with Crippen LogP contribution in [0, 0.1) is 5.92 Å². The predicted molar refractivity (Wildman–Crippen MR) is 92.8 cm³/mol. The summed E-state index contributed by atoms with van der Waals surface area (Å²) in [5.74, 6) is 0.871. The first-order chi connectivity index (χ1) is 11.0. The average molecular weight is 316 g/mol. The maximum absolute atomic E-state index is 12.7. The van der Waals surface area contributed by atoms with Gasteiger partial charge in [-0.25, -0.2) is 0 Å². The van der Waals surface area contributed by atoms with Gasteiger partial charge in [0.1, 0.15) is 0 Å². The van der Waals surface area contributed by atoms with Crippen LogP contribution in [0.15, 0.2) is 24.3 Å². The molecule has 1 N–H and O–H groups in total. The first-order valence-electron chi connectivity index (χ1n) is 8.88. The highest BCUT2D eigenvalue weighted by Gasteiger charge is 2.27. The van der Waals surface area contributed by atoms with Crippen molar-refractivity contribution in [2.75, 3.05) is 24.5 Å². The molecule has 0 aliphatic carbocycles. The highest BCUT2D eigenvalue weighted by molar-refractivity contribution is 5.94. The molecule has 0 aromatic heterocycles. The summed E-state index contributed by atoms with van der Waals surface area (Å²) in [6.45, 7) is 7.06. The zero-order valence-electron chi connectivity index (χ0n) is 14.2. The largest absolute Gasteiger partial charge is 0.393 e. The van der Waals surface area contributed by atoms with Crippen LogP contribution in [0.3, 0.4) is 0 Å². The van der Waals surface area contributed by atoms with Gasteiger partial charge in [0, 0.05) is 36.9 Å². The molecule has 2 aliphatic rings. The van der Waals surface area contributed by atoms with E-state index >= 15 is 0 Å². The van der Waals surface area contributed by atoms with Crippen molar-refractivity contribution in [3.8, 4) is 0 Å². The number of carbonyl (C=O) groups is 1. The Labute approximate surface area is 139 Å². The predicted octanol–water partition coefficient (Wildman–Crippen LogP) is 2.91. The van der Waals surface area contributed by atoms with Crippen molar-refractivity contribution in [3.05, 3.63) is 29.8 Å². The fourth-order valence-corrected chi connectivity index (χ4v) is 3.81. The van der Waals surface area contributed by atoms with Crippen molar-refractivity contribution in [2.45, 2.75) is 51.7 Å². The molecule has 0 saturated carbocycles. The summed E-state index contributed by atoms with van der Waals surface area (Å²) in [4.78, 5) is 17.0. The topological polar surface area (TPSA) is 43.8 Å². The molecule has 2 aliphatic heterocycles. The van der Waals surface area contributed by atoms with E-state index in [1.165, 1.54) is 0 Å². The number of carbonyl (C=O) groups excluding carboxylic acids is 1. The second kappa shape index (κ2) is 6.91. The van der Waals surface area contributed by atoms with E-state index in [-0.39, 0.29) is 12.0 Å². The summed E-state index contributed by atoms with van der Waals surface area (Å²) in [7, 11) is 0. The molecule has 126 valence electrons. The van der Waals surface area contributed by atoms with Crippen LogP contribution >= 0.6 is 0 Å². The van der Waals surface area contributed by atoms with Gasteiger partial charge in [0.05, 0.1) is 6.10 Å². The van der Waals surface area contributed by atoms with E-state index in [1.807, 2.05) is 29.2 Å². The molecule has 4 nitrogen and oxygen atoms in total. The zero-order chi connectivity index (χ0) is 16.4. The molecule has 0 radical (unpaired) electrons. The van der Waals surface area contributed by atoms with Gasteiger partial charge >= 0.3 is 0 Å². The molecule has 1 aromatic carbocycles. The van der Waals surface area contributed by atoms with Crippen molar-refractivity contribution in [3.63, 3.8) is 0 Å². The maximum Gasteiger partial charge on any atom is 0.254 e. The average Bonchev–Trinajstić information content (AvgIpc) is 2.55. The molecule has 2 heterocycles. The van der Waals surface area contributed by atoms with Crippen LogP contribution in [-0.4, -0.2) is 47.7 Å². The van der Waals surface area contributed by atoms with Crippen molar-refractivity contribution in [2.24, 2.45) is 5.92 Å². The van der Waals surface area contributed by atoms with Gasteiger partial charge in [-0.2, -0.15) is 0 Å². The number of anilines is 1. The minimum absolute atomic E-state index is 0.157. The summed E-state index contributed by atoms with van der Waals surface area (Å²) in [6, 6.07) is 8.32. The lowest BCUT2D eigenvalue weighted by Crippen LogP contribution is -2.44. The van der Waals surface area contributed by atoms with Crippen LogP contribution in [-0.2, 0) is 0 Å². The third kappa shape index (κ3) is 3.69. The number of piperidine rings is 2. The Hall–Kier alpha value is -1.55. The maximum atomic E-state index is 12.7. The van der Waals surface area contributed by atoms with Crippen LogP contribution in [0.25, 0.3) is 0 Å². The van der Waals surface area contributed by atoms with Crippen molar-refractivity contribution in [1.82, 2.24) is 4.90 Å². The molecule has 0 spiro atoms. The summed E-state index contributed by atoms with van der Waals surface area (Å²) in [5.41, 5.74) is 1.93. The Kier molecular flexibility index (Phi) is 4.90. The summed E-state index contributed by atoms with van der Waals surface area (Å²) in [6.07, 6.45) is 3.69. The smallest absolute Gasteiger partial charge is 0.254 e. The standard InChI is InChI=1S/C19H28N2O2/c1-14-7-12-21(15(2)13-14)19(23)16-3-5-17(6-4-16)20-10-8-18(22)9-11-20/h3-6,14-15,18,22H,7-13H2,1-2H3. The summed E-state index contributed by atoms with van der Waals surface area (Å²) in [5, 5.41) is 9.60. The molecule has 0 bridgehead atoms. The third-order valence-corrected chi connectivity index (χ3v) is 5.34. The minimum atomic E-state index is -0.157. The number of aliphatic hydroxyl groups excluding tert-OH is 1. The molecule has 2 fully saturated rings. The van der Waals surface area contributed by atoms with Crippen molar-refractivity contribution in [1.29, 1.82) is 0 Å². The summed E-state index contributed by atoms with van der Waals surface area (Å²) < 4.78 is 0. The number of hydrogen-bond donors (Lipinski definition) is 1. The van der Waals surface area contributed by atoms with Crippen LogP contribution in [0.5, 0.6) is 0 Å². The van der Waals surface area contributed by atoms with E-state index in [2.05, 4.69) is 18.7 Å². The number of rotatable bonds is 2. The highest BCUT2D eigenvalue weighted by atomic mass is 16.3. The van der Waals surface area contributed by atoms with Gasteiger partial charge in [-0.05, 0) is 62.8 Å². The molecule has 2 unspecified atom stereocenters. The van der Waals surface area contributed by atoms with Crippen LogP contribution in [0.4, 0.5) is 5.69 Å². The number of aliphatic hydroxyl groups is 1. The second-order valence-electron chi connectivity index (χ2n) is 7.24. The van der Waals surface area contributed by atoms with E-state index in [4.69, 9.17) is 0 Å². The Balaban J connectivity index is 1.66. The fourth-order valence-electron chi connectivity index (χ4n) is 3.81. The summed E-state index contributed by atoms with van der Waals surface area (Å²) >= 11 is 0. The van der Waals surface area contributed by atoms with Crippen LogP contribution in [0.2, 0.25) is 0 Å². The second-order valence-corrected chi connectivity index (χ2v) is 7.24.